The van der Waals surface area contributed by atoms with E-state index in [0.717, 1.165) is 34.2 Å². The lowest BCUT2D eigenvalue weighted by Gasteiger charge is -2.26. The van der Waals surface area contributed by atoms with Gasteiger partial charge in [-0.1, -0.05) is 13.0 Å². The molecule has 104 valence electrons. The first-order valence-electron chi connectivity index (χ1n) is 6.97. The predicted molar refractivity (Wildman–Crippen MR) is 83.7 cm³/mol. The lowest BCUT2D eigenvalue weighted by Crippen LogP contribution is -2.37. The number of carbonyl (C=O) groups excluding carboxylic acids is 1. The number of fused-ring (bicyclic) bond motifs is 3. The maximum atomic E-state index is 12.5. The molecule has 1 amide bonds. The van der Waals surface area contributed by atoms with Crippen molar-refractivity contribution in [2.24, 2.45) is 5.92 Å². The topological polar surface area (TPSA) is 41.1 Å². The maximum absolute atomic E-state index is 12.5. The number of thiophene rings is 2. The van der Waals surface area contributed by atoms with Gasteiger partial charge in [0, 0.05) is 9.75 Å². The Labute approximate surface area is 126 Å². The fourth-order valence-corrected chi connectivity index (χ4v) is 5.22. The van der Waals surface area contributed by atoms with E-state index in [0.29, 0.717) is 0 Å². The number of nitrogens with one attached hydrogen (secondary N) is 2. The zero-order chi connectivity index (χ0) is 13.7. The highest BCUT2D eigenvalue weighted by molar-refractivity contribution is 7.16. The summed E-state index contributed by atoms with van der Waals surface area (Å²) in [6.45, 7) is 2.30. The molecule has 5 heteroatoms. The van der Waals surface area contributed by atoms with Crippen LogP contribution in [0.2, 0.25) is 0 Å². The largest absolute Gasteiger partial charge is 0.352 e. The first-order chi connectivity index (χ1) is 9.72. The average Bonchev–Trinajstić information content (AvgIpc) is 3.04. The van der Waals surface area contributed by atoms with Crippen LogP contribution in [0.5, 0.6) is 0 Å². The molecular formula is C15H16N2OS2. The smallest absolute Gasteiger partial charge is 0.256 e. The second kappa shape index (κ2) is 4.60. The molecule has 0 radical (unpaired) electrons. The Balaban J connectivity index is 1.73. The summed E-state index contributed by atoms with van der Waals surface area (Å²) in [6, 6.07) is 4.08. The van der Waals surface area contributed by atoms with Crippen LogP contribution in [0.25, 0.3) is 0 Å². The van der Waals surface area contributed by atoms with Crippen molar-refractivity contribution >= 4 is 33.6 Å². The van der Waals surface area contributed by atoms with Crippen LogP contribution in [0.1, 0.15) is 45.2 Å². The third-order valence-corrected chi connectivity index (χ3v) is 6.24. The summed E-state index contributed by atoms with van der Waals surface area (Å²) in [5.74, 6) is 0.822. The van der Waals surface area contributed by atoms with Crippen LogP contribution in [0.4, 0.5) is 5.00 Å². The van der Waals surface area contributed by atoms with E-state index in [9.17, 15) is 4.79 Å². The number of hydrogen-bond donors (Lipinski definition) is 2. The molecule has 2 aromatic rings. The minimum absolute atomic E-state index is 0.0764. The second-order valence-electron chi connectivity index (χ2n) is 5.62. The Morgan fingerprint density at radius 3 is 3.05 bits per heavy atom. The fraction of sp³-hybridized carbons (Fsp3) is 0.400. The Morgan fingerprint density at radius 1 is 1.35 bits per heavy atom. The molecule has 0 saturated heterocycles. The average molecular weight is 304 g/mol. The molecule has 1 aliphatic carbocycles. The van der Waals surface area contributed by atoms with Crippen molar-refractivity contribution in [3.63, 3.8) is 0 Å². The molecule has 2 atom stereocenters. The van der Waals surface area contributed by atoms with E-state index in [4.69, 9.17) is 0 Å². The molecule has 3 nitrogen and oxygen atoms in total. The Morgan fingerprint density at radius 2 is 2.25 bits per heavy atom. The van der Waals surface area contributed by atoms with Crippen LogP contribution in [0.15, 0.2) is 17.5 Å². The van der Waals surface area contributed by atoms with Crippen molar-refractivity contribution < 1.29 is 4.79 Å². The summed E-state index contributed by atoms with van der Waals surface area (Å²) >= 11 is 3.45. The summed E-state index contributed by atoms with van der Waals surface area (Å²) in [5, 5.41) is 9.69. The summed E-state index contributed by atoms with van der Waals surface area (Å²) in [4.78, 5) is 15.0. The highest BCUT2D eigenvalue weighted by Crippen LogP contribution is 2.42. The number of carbonyl (C=O) groups is 1. The maximum Gasteiger partial charge on any atom is 0.256 e. The van der Waals surface area contributed by atoms with E-state index >= 15 is 0 Å². The van der Waals surface area contributed by atoms with Gasteiger partial charge in [0.2, 0.25) is 0 Å². The van der Waals surface area contributed by atoms with Gasteiger partial charge in [0.25, 0.3) is 5.91 Å². The van der Waals surface area contributed by atoms with Crippen molar-refractivity contribution in [2.75, 3.05) is 5.32 Å². The van der Waals surface area contributed by atoms with Gasteiger partial charge in [0.1, 0.15) is 11.2 Å². The van der Waals surface area contributed by atoms with Crippen molar-refractivity contribution in [3.8, 4) is 0 Å². The van der Waals surface area contributed by atoms with E-state index in [1.807, 2.05) is 11.4 Å². The van der Waals surface area contributed by atoms with Gasteiger partial charge < -0.3 is 10.6 Å². The Kier molecular flexibility index (Phi) is 2.86. The first-order valence-corrected chi connectivity index (χ1v) is 8.67. The van der Waals surface area contributed by atoms with E-state index in [1.165, 1.54) is 16.9 Å². The summed E-state index contributed by atoms with van der Waals surface area (Å²) in [7, 11) is 0. The number of anilines is 1. The van der Waals surface area contributed by atoms with Gasteiger partial charge in [-0.15, -0.1) is 22.7 Å². The second-order valence-corrected chi connectivity index (χ2v) is 7.71. The molecule has 4 rings (SSSR count). The third-order valence-electron chi connectivity index (χ3n) is 4.12. The van der Waals surface area contributed by atoms with Crippen LogP contribution in [-0.2, 0) is 12.8 Å². The van der Waals surface area contributed by atoms with Gasteiger partial charge >= 0.3 is 0 Å². The molecule has 2 aromatic heterocycles. The summed E-state index contributed by atoms with van der Waals surface area (Å²) < 4.78 is 0. The normalized spacial score (nSPS) is 24.6. The number of amides is 1. The molecule has 2 aliphatic rings. The molecule has 0 bridgehead atoms. The van der Waals surface area contributed by atoms with Gasteiger partial charge in [0.15, 0.2) is 0 Å². The quantitative estimate of drug-likeness (QED) is 0.841. The van der Waals surface area contributed by atoms with Gasteiger partial charge in [-0.05, 0) is 42.2 Å². The summed E-state index contributed by atoms with van der Waals surface area (Å²) in [5.41, 5.74) is 2.20. The van der Waals surface area contributed by atoms with Crippen molar-refractivity contribution in [1.82, 2.24) is 5.32 Å². The number of hydrogen-bond acceptors (Lipinski definition) is 4. The highest BCUT2D eigenvalue weighted by atomic mass is 32.1. The van der Waals surface area contributed by atoms with E-state index < -0.39 is 0 Å². The van der Waals surface area contributed by atoms with Gasteiger partial charge in [-0.25, -0.2) is 0 Å². The minimum Gasteiger partial charge on any atom is -0.352 e. The van der Waals surface area contributed by atoms with Crippen molar-refractivity contribution in [1.29, 1.82) is 0 Å². The van der Waals surface area contributed by atoms with Crippen LogP contribution in [-0.4, -0.2) is 5.91 Å². The molecule has 1 aliphatic heterocycles. The van der Waals surface area contributed by atoms with Crippen LogP contribution < -0.4 is 10.6 Å². The predicted octanol–water partition coefficient (Wildman–Crippen LogP) is 3.79. The monoisotopic (exact) mass is 304 g/mol. The molecule has 0 spiro atoms. The first kappa shape index (κ1) is 12.4. The van der Waals surface area contributed by atoms with E-state index in [1.54, 1.807) is 22.7 Å². The lowest BCUT2D eigenvalue weighted by molar-refractivity contribution is 0.0936. The van der Waals surface area contributed by atoms with Crippen LogP contribution in [0.3, 0.4) is 0 Å². The molecule has 0 saturated carbocycles. The molecule has 0 fully saturated rings. The lowest BCUT2D eigenvalue weighted by atomic mass is 9.88. The van der Waals surface area contributed by atoms with Crippen molar-refractivity contribution in [2.45, 2.75) is 32.4 Å². The zero-order valence-electron chi connectivity index (χ0n) is 11.2. The van der Waals surface area contributed by atoms with E-state index in [-0.39, 0.29) is 12.1 Å². The van der Waals surface area contributed by atoms with Gasteiger partial charge in [-0.2, -0.15) is 0 Å². The Bertz CT molecular complexity index is 660. The van der Waals surface area contributed by atoms with Crippen LogP contribution in [0, 0.1) is 5.92 Å². The third kappa shape index (κ3) is 1.88. The molecule has 20 heavy (non-hydrogen) atoms. The fourth-order valence-electron chi connectivity index (χ4n) is 3.06. The Hall–Kier alpha value is -1.33. The molecule has 2 N–H and O–H groups in total. The summed E-state index contributed by atoms with van der Waals surface area (Å²) in [6.07, 6.45) is 3.28. The zero-order valence-corrected chi connectivity index (χ0v) is 12.9. The van der Waals surface area contributed by atoms with E-state index in [2.05, 4.69) is 23.6 Å². The van der Waals surface area contributed by atoms with Gasteiger partial charge in [0.05, 0.1) is 5.56 Å². The highest BCUT2D eigenvalue weighted by Gasteiger charge is 2.33. The SMILES string of the molecule is CC1CCc2c(sc3c2C(=O)NC(c2cccs2)N3)C1. The standard InChI is InChI=1S/C15H16N2OS2/c1-8-4-5-9-11(7-8)20-15-12(9)14(18)16-13(17-15)10-3-2-6-19-10/h2-3,6,8,13,17H,4-5,7H2,1H3,(H,16,18). The molecule has 0 aromatic carbocycles. The molecule has 3 heterocycles. The minimum atomic E-state index is -0.0764. The molecular weight excluding hydrogens is 288 g/mol. The van der Waals surface area contributed by atoms with Crippen molar-refractivity contribution in [3.05, 3.63) is 38.4 Å². The van der Waals surface area contributed by atoms with Crippen LogP contribution >= 0.6 is 22.7 Å². The molecule has 2 unspecified atom stereocenters. The number of rotatable bonds is 1. The van der Waals surface area contributed by atoms with Gasteiger partial charge in [-0.3, -0.25) is 4.79 Å².